The van der Waals surface area contributed by atoms with Crippen LogP contribution in [0.5, 0.6) is 0 Å². The summed E-state index contributed by atoms with van der Waals surface area (Å²) in [4.78, 5) is 12.2. The van der Waals surface area contributed by atoms with Crippen LogP contribution < -0.4 is 10.6 Å². The lowest BCUT2D eigenvalue weighted by Gasteiger charge is -2.23. The van der Waals surface area contributed by atoms with Crippen LogP contribution in [0, 0.1) is 6.92 Å². The summed E-state index contributed by atoms with van der Waals surface area (Å²) in [5.41, 5.74) is 2.77. The molecular formula is C16H20N4O. The zero-order valence-electron chi connectivity index (χ0n) is 12.2. The predicted molar refractivity (Wildman–Crippen MR) is 81.7 cm³/mol. The maximum Gasteiger partial charge on any atom is 0.251 e. The molecule has 1 saturated heterocycles. The Bertz CT molecular complexity index is 611. The molecule has 0 bridgehead atoms. The fourth-order valence-electron chi connectivity index (χ4n) is 2.55. The average Bonchev–Trinajstić information content (AvgIpc) is 2.95. The lowest BCUT2D eigenvalue weighted by molar-refractivity contribution is 0.0929. The number of aryl methyl sites for hydroxylation is 1. The molecule has 0 spiro atoms. The van der Waals surface area contributed by atoms with Crippen LogP contribution in [0.4, 0.5) is 0 Å². The van der Waals surface area contributed by atoms with E-state index in [1.54, 1.807) is 0 Å². The van der Waals surface area contributed by atoms with Crippen molar-refractivity contribution < 1.29 is 4.79 Å². The van der Waals surface area contributed by atoms with Crippen molar-refractivity contribution in [2.45, 2.75) is 25.8 Å². The molecule has 3 rings (SSSR count). The second kappa shape index (κ2) is 6.10. The molecule has 1 aliphatic heterocycles. The van der Waals surface area contributed by atoms with Gasteiger partial charge in [-0.2, -0.15) is 5.10 Å². The topological polar surface area (TPSA) is 59.0 Å². The van der Waals surface area contributed by atoms with E-state index in [-0.39, 0.29) is 11.9 Å². The van der Waals surface area contributed by atoms with Gasteiger partial charge in [0, 0.05) is 17.8 Å². The molecule has 0 aliphatic carbocycles. The lowest BCUT2D eigenvalue weighted by atomic mass is 10.1. The van der Waals surface area contributed by atoms with Crippen molar-refractivity contribution >= 4 is 5.91 Å². The van der Waals surface area contributed by atoms with E-state index in [0.29, 0.717) is 5.56 Å². The predicted octanol–water partition coefficient (Wildman–Crippen LogP) is 1.66. The van der Waals surface area contributed by atoms with E-state index in [1.807, 2.05) is 48.3 Å². The first-order valence-electron chi connectivity index (χ1n) is 7.36. The van der Waals surface area contributed by atoms with Crippen LogP contribution in [0.3, 0.4) is 0 Å². The largest absolute Gasteiger partial charge is 0.349 e. The number of benzene rings is 1. The molecule has 0 unspecified atom stereocenters. The first kappa shape index (κ1) is 13.8. The van der Waals surface area contributed by atoms with Gasteiger partial charge in [0.05, 0.1) is 11.9 Å². The number of carbonyl (C=O) groups is 1. The Morgan fingerprint density at radius 2 is 2.00 bits per heavy atom. The second-order valence-corrected chi connectivity index (χ2v) is 5.51. The quantitative estimate of drug-likeness (QED) is 0.901. The van der Waals surface area contributed by atoms with Gasteiger partial charge in [-0.3, -0.25) is 4.79 Å². The van der Waals surface area contributed by atoms with Crippen LogP contribution >= 0.6 is 0 Å². The summed E-state index contributed by atoms with van der Waals surface area (Å²) in [5.74, 6) is 0.00472. The first-order valence-corrected chi connectivity index (χ1v) is 7.36. The van der Waals surface area contributed by atoms with Crippen molar-refractivity contribution in [3.63, 3.8) is 0 Å². The van der Waals surface area contributed by atoms with E-state index >= 15 is 0 Å². The Morgan fingerprint density at radius 3 is 2.62 bits per heavy atom. The van der Waals surface area contributed by atoms with Gasteiger partial charge in [0.2, 0.25) is 0 Å². The lowest BCUT2D eigenvalue weighted by Crippen LogP contribution is -2.42. The van der Waals surface area contributed by atoms with E-state index in [9.17, 15) is 4.79 Å². The summed E-state index contributed by atoms with van der Waals surface area (Å²) in [5, 5.41) is 10.7. The van der Waals surface area contributed by atoms with Crippen molar-refractivity contribution in [3.05, 3.63) is 47.8 Å². The minimum Gasteiger partial charge on any atom is -0.349 e. The maximum atomic E-state index is 12.2. The molecule has 2 heterocycles. The van der Waals surface area contributed by atoms with Gasteiger partial charge in [0.15, 0.2) is 0 Å². The molecule has 21 heavy (non-hydrogen) atoms. The van der Waals surface area contributed by atoms with Crippen LogP contribution in [0.15, 0.2) is 36.7 Å². The monoisotopic (exact) mass is 284 g/mol. The minimum atomic E-state index is 0.00472. The minimum absolute atomic E-state index is 0.00472. The smallest absolute Gasteiger partial charge is 0.251 e. The van der Waals surface area contributed by atoms with Gasteiger partial charge < -0.3 is 10.6 Å². The number of piperidine rings is 1. The third-order valence-corrected chi connectivity index (χ3v) is 3.78. The molecule has 2 aromatic rings. The van der Waals surface area contributed by atoms with Crippen molar-refractivity contribution in [1.29, 1.82) is 0 Å². The zero-order valence-corrected chi connectivity index (χ0v) is 12.2. The van der Waals surface area contributed by atoms with Crippen molar-refractivity contribution in [2.24, 2.45) is 0 Å². The third kappa shape index (κ3) is 3.31. The average molecular weight is 284 g/mol. The molecule has 1 aromatic heterocycles. The number of aromatic nitrogens is 2. The highest BCUT2D eigenvalue weighted by Gasteiger charge is 2.16. The molecule has 1 fully saturated rings. The van der Waals surface area contributed by atoms with Crippen molar-refractivity contribution in [2.75, 3.05) is 13.1 Å². The molecule has 1 aromatic carbocycles. The Labute approximate surface area is 124 Å². The third-order valence-electron chi connectivity index (χ3n) is 3.78. The molecule has 1 amide bonds. The van der Waals surface area contributed by atoms with Crippen LogP contribution in [-0.4, -0.2) is 34.8 Å². The Hall–Kier alpha value is -2.14. The highest BCUT2D eigenvalue weighted by atomic mass is 16.1. The molecule has 5 nitrogen and oxygen atoms in total. The highest BCUT2D eigenvalue weighted by molar-refractivity contribution is 5.94. The maximum absolute atomic E-state index is 12.2. The van der Waals surface area contributed by atoms with Crippen LogP contribution in [0.1, 0.15) is 28.8 Å². The van der Waals surface area contributed by atoms with Crippen LogP contribution in [0.2, 0.25) is 0 Å². The number of carbonyl (C=O) groups excluding carboxylic acids is 1. The van der Waals surface area contributed by atoms with Gasteiger partial charge in [0.1, 0.15) is 0 Å². The fourth-order valence-corrected chi connectivity index (χ4v) is 2.55. The number of amides is 1. The number of hydrogen-bond donors (Lipinski definition) is 2. The molecule has 110 valence electrons. The fraction of sp³-hybridized carbons (Fsp3) is 0.375. The van der Waals surface area contributed by atoms with Gasteiger partial charge in [-0.25, -0.2) is 4.68 Å². The van der Waals surface area contributed by atoms with Gasteiger partial charge in [-0.15, -0.1) is 0 Å². The van der Waals surface area contributed by atoms with Gasteiger partial charge in [-0.1, -0.05) is 0 Å². The second-order valence-electron chi connectivity index (χ2n) is 5.51. The molecule has 2 N–H and O–H groups in total. The summed E-state index contributed by atoms with van der Waals surface area (Å²) < 4.78 is 1.81. The number of hydrogen-bond acceptors (Lipinski definition) is 3. The van der Waals surface area contributed by atoms with Crippen molar-refractivity contribution in [3.8, 4) is 5.69 Å². The molecule has 0 atom stereocenters. The number of nitrogens with one attached hydrogen (secondary N) is 2. The zero-order chi connectivity index (χ0) is 14.7. The Balaban J connectivity index is 1.67. The van der Waals surface area contributed by atoms with Gasteiger partial charge in [-0.05, 0) is 62.7 Å². The van der Waals surface area contributed by atoms with Crippen LogP contribution in [-0.2, 0) is 0 Å². The van der Waals surface area contributed by atoms with E-state index < -0.39 is 0 Å². The van der Waals surface area contributed by atoms with Gasteiger partial charge in [0.25, 0.3) is 5.91 Å². The van der Waals surface area contributed by atoms with Gasteiger partial charge >= 0.3 is 0 Å². The van der Waals surface area contributed by atoms with E-state index in [4.69, 9.17) is 0 Å². The first-order chi connectivity index (χ1) is 10.2. The van der Waals surface area contributed by atoms with Crippen LogP contribution in [0.25, 0.3) is 5.69 Å². The Morgan fingerprint density at radius 1 is 1.29 bits per heavy atom. The molecular weight excluding hydrogens is 264 g/mol. The SMILES string of the molecule is Cc1cnn(-c2ccc(C(=O)NC3CCNCC3)cc2)c1. The van der Waals surface area contributed by atoms with E-state index in [1.165, 1.54) is 0 Å². The summed E-state index contributed by atoms with van der Waals surface area (Å²) in [6.07, 6.45) is 5.77. The summed E-state index contributed by atoms with van der Waals surface area (Å²) in [7, 11) is 0. The number of nitrogens with zero attached hydrogens (tertiary/aromatic N) is 2. The van der Waals surface area contributed by atoms with E-state index in [2.05, 4.69) is 15.7 Å². The standard InChI is InChI=1S/C16H20N4O/c1-12-10-18-20(11-12)15-4-2-13(3-5-15)16(21)19-14-6-8-17-9-7-14/h2-5,10-11,14,17H,6-9H2,1H3,(H,19,21). The molecule has 0 saturated carbocycles. The summed E-state index contributed by atoms with van der Waals surface area (Å²) in [6.45, 7) is 3.95. The molecule has 0 radical (unpaired) electrons. The number of rotatable bonds is 3. The summed E-state index contributed by atoms with van der Waals surface area (Å²) in [6, 6.07) is 7.83. The highest BCUT2D eigenvalue weighted by Crippen LogP contribution is 2.11. The normalized spacial score (nSPS) is 15.9. The van der Waals surface area contributed by atoms with Crippen molar-refractivity contribution in [1.82, 2.24) is 20.4 Å². The molecule has 5 heteroatoms. The summed E-state index contributed by atoms with van der Waals surface area (Å²) >= 11 is 0. The molecule has 1 aliphatic rings. The van der Waals surface area contributed by atoms with E-state index in [0.717, 1.165) is 37.2 Å². The Kier molecular flexibility index (Phi) is 4.01.